The van der Waals surface area contributed by atoms with Crippen LogP contribution in [0, 0.1) is 5.82 Å². The molecule has 1 aromatic carbocycles. The Balaban J connectivity index is 2.05. The molecular weight excluding hydrogens is 387 g/mol. The van der Waals surface area contributed by atoms with Gasteiger partial charge in [-0.25, -0.2) is 14.2 Å². The second kappa shape index (κ2) is 7.93. The molecule has 2 N–H and O–H groups in total. The summed E-state index contributed by atoms with van der Waals surface area (Å²) in [7, 11) is 0. The predicted octanol–water partition coefficient (Wildman–Crippen LogP) is 3.92. The number of anilines is 2. The van der Waals surface area contributed by atoms with Crippen molar-refractivity contribution in [3.63, 3.8) is 0 Å². The highest BCUT2D eigenvalue weighted by Crippen LogP contribution is 2.45. The monoisotopic (exact) mass is 414 g/mol. The Labute approximate surface area is 175 Å². The van der Waals surface area contributed by atoms with E-state index in [9.17, 15) is 14.0 Å². The molecule has 2 aromatic rings. The topological polar surface area (TPSA) is 83.6 Å². The summed E-state index contributed by atoms with van der Waals surface area (Å²) in [4.78, 5) is 30.0. The molecule has 2 amide bonds. The lowest BCUT2D eigenvalue weighted by Gasteiger charge is -2.26. The number of carbonyl (C=O) groups is 2. The first-order valence-corrected chi connectivity index (χ1v) is 9.75. The largest absolute Gasteiger partial charge is 0.443 e. The van der Waals surface area contributed by atoms with E-state index in [4.69, 9.17) is 4.74 Å². The number of hydrogen-bond donors (Lipinski definition) is 2. The van der Waals surface area contributed by atoms with Crippen LogP contribution in [0.25, 0.3) is 0 Å². The number of nitrogens with zero attached hydrogens (tertiary/aromatic N) is 2. The molecule has 160 valence electrons. The molecule has 8 heteroatoms. The Kier molecular flexibility index (Phi) is 5.70. The fourth-order valence-electron chi connectivity index (χ4n) is 3.59. The Morgan fingerprint density at radius 1 is 1.30 bits per heavy atom. The standard InChI is InChI=1S/C22H27FN4O3/c1-21(2,3)30-20(29)27-12-22(4,5)18-17(27)11-16(25-19(18)26-24-13-28)10-14-6-8-15(23)9-7-14/h6-9,11,13H,10,12H2,1-5H3,(H,24,28)(H,25,26). The molecule has 0 radical (unpaired) electrons. The lowest BCUT2D eigenvalue weighted by Crippen LogP contribution is -2.38. The van der Waals surface area contributed by atoms with E-state index in [1.165, 1.54) is 12.1 Å². The number of aromatic nitrogens is 1. The second-order valence-electron chi connectivity index (χ2n) is 9.00. The van der Waals surface area contributed by atoms with Crippen LogP contribution in [0.4, 0.5) is 20.7 Å². The molecule has 2 heterocycles. The van der Waals surface area contributed by atoms with Crippen LogP contribution in [0.15, 0.2) is 30.3 Å². The third-order valence-electron chi connectivity index (χ3n) is 4.73. The third-order valence-corrected chi connectivity index (χ3v) is 4.73. The molecule has 0 unspecified atom stereocenters. The highest BCUT2D eigenvalue weighted by atomic mass is 19.1. The van der Waals surface area contributed by atoms with E-state index in [2.05, 4.69) is 15.8 Å². The zero-order valence-corrected chi connectivity index (χ0v) is 17.9. The number of benzene rings is 1. The van der Waals surface area contributed by atoms with Crippen LogP contribution in [0.1, 0.15) is 51.4 Å². The van der Waals surface area contributed by atoms with Crippen molar-refractivity contribution in [3.8, 4) is 0 Å². The summed E-state index contributed by atoms with van der Waals surface area (Å²) in [5.41, 5.74) is 7.24. The minimum absolute atomic E-state index is 0.309. The van der Waals surface area contributed by atoms with Crippen molar-refractivity contribution >= 4 is 24.0 Å². The number of rotatable bonds is 5. The quantitative estimate of drug-likeness (QED) is 0.572. The first-order chi connectivity index (χ1) is 14.0. The maximum atomic E-state index is 13.2. The van der Waals surface area contributed by atoms with Gasteiger partial charge in [-0.1, -0.05) is 26.0 Å². The van der Waals surface area contributed by atoms with Crippen LogP contribution in [0.5, 0.6) is 0 Å². The molecule has 7 nitrogen and oxygen atoms in total. The summed E-state index contributed by atoms with van der Waals surface area (Å²) in [5, 5.41) is 0. The van der Waals surface area contributed by atoms with Gasteiger partial charge in [0.05, 0.1) is 5.69 Å². The Morgan fingerprint density at radius 3 is 2.57 bits per heavy atom. The summed E-state index contributed by atoms with van der Waals surface area (Å²) in [5.74, 6) is 0.156. The maximum Gasteiger partial charge on any atom is 0.414 e. The summed E-state index contributed by atoms with van der Waals surface area (Å²) in [6.45, 7) is 9.88. The predicted molar refractivity (Wildman–Crippen MR) is 113 cm³/mol. The summed E-state index contributed by atoms with van der Waals surface area (Å²) in [6.07, 6.45) is 0.516. The highest BCUT2D eigenvalue weighted by Gasteiger charge is 2.42. The summed E-state index contributed by atoms with van der Waals surface area (Å²) in [6, 6.07) is 8.02. The van der Waals surface area contributed by atoms with Gasteiger partial charge in [0.1, 0.15) is 11.4 Å². The van der Waals surface area contributed by atoms with Crippen molar-refractivity contribution in [1.29, 1.82) is 0 Å². The number of halogens is 1. The number of pyridine rings is 1. The maximum absolute atomic E-state index is 13.2. The second-order valence-corrected chi connectivity index (χ2v) is 9.00. The number of carbonyl (C=O) groups excluding carboxylic acids is 2. The summed E-state index contributed by atoms with van der Waals surface area (Å²) < 4.78 is 18.8. The van der Waals surface area contributed by atoms with Gasteiger partial charge in [-0.05, 0) is 44.5 Å². The van der Waals surface area contributed by atoms with E-state index in [0.29, 0.717) is 36.6 Å². The van der Waals surface area contributed by atoms with Crippen molar-refractivity contribution in [1.82, 2.24) is 10.4 Å². The lowest BCUT2D eigenvalue weighted by molar-refractivity contribution is -0.109. The number of amides is 2. The Bertz CT molecular complexity index is 952. The van der Waals surface area contributed by atoms with Crippen LogP contribution < -0.4 is 15.8 Å². The number of hydrazine groups is 1. The molecule has 0 saturated carbocycles. The molecule has 0 bridgehead atoms. The molecule has 1 aliphatic heterocycles. The van der Waals surface area contributed by atoms with Gasteiger partial charge in [-0.2, -0.15) is 0 Å². The molecule has 0 spiro atoms. The average Bonchev–Trinajstić information content (AvgIpc) is 2.91. The van der Waals surface area contributed by atoms with Crippen LogP contribution in [0.2, 0.25) is 0 Å². The number of nitrogens with one attached hydrogen (secondary N) is 2. The first-order valence-electron chi connectivity index (χ1n) is 9.75. The number of fused-ring (bicyclic) bond motifs is 1. The van der Waals surface area contributed by atoms with Crippen LogP contribution >= 0.6 is 0 Å². The molecule has 1 aliphatic rings. The molecular formula is C22H27FN4O3. The van der Waals surface area contributed by atoms with E-state index >= 15 is 0 Å². The molecule has 0 saturated heterocycles. The van der Waals surface area contributed by atoms with E-state index in [1.54, 1.807) is 17.0 Å². The van der Waals surface area contributed by atoms with Crippen LogP contribution in [-0.4, -0.2) is 29.6 Å². The van der Waals surface area contributed by atoms with Gasteiger partial charge in [-0.3, -0.25) is 20.5 Å². The van der Waals surface area contributed by atoms with Gasteiger partial charge in [0, 0.05) is 29.6 Å². The van der Waals surface area contributed by atoms with Gasteiger partial charge < -0.3 is 4.74 Å². The number of hydrogen-bond acceptors (Lipinski definition) is 5. The fourth-order valence-corrected chi connectivity index (χ4v) is 3.59. The third kappa shape index (κ3) is 4.69. The minimum Gasteiger partial charge on any atom is -0.443 e. The molecule has 0 fully saturated rings. The van der Waals surface area contributed by atoms with Crippen LogP contribution in [-0.2, 0) is 21.4 Å². The smallest absolute Gasteiger partial charge is 0.414 e. The van der Waals surface area contributed by atoms with Crippen molar-refractivity contribution in [2.75, 3.05) is 16.9 Å². The number of ether oxygens (including phenoxy) is 1. The SMILES string of the molecule is CC(C)(C)OC(=O)N1CC(C)(C)c2c1cc(Cc1ccc(F)cc1)nc2NNC=O. The fraction of sp³-hybridized carbons (Fsp3) is 0.409. The van der Waals surface area contributed by atoms with E-state index in [-0.39, 0.29) is 5.82 Å². The molecule has 30 heavy (non-hydrogen) atoms. The lowest BCUT2D eigenvalue weighted by atomic mass is 9.87. The van der Waals surface area contributed by atoms with E-state index < -0.39 is 17.1 Å². The normalized spacial score (nSPS) is 14.8. The molecule has 3 rings (SSSR count). The van der Waals surface area contributed by atoms with Gasteiger partial charge in [0.25, 0.3) is 0 Å². The molecule has 0 aliphatic carbocycles. The van der Waals surface area contributed by atoms with Crippen molar-refractivity contribution in [2.24, 2.45) is 0 Å². The zero-order chi connectivity index (χ0) is 22.1. The van der Waals surface area contributed by atoms with Crippen molar-refractivity contribution in [3.05, 3.63) is 53.0 Å². The van der Waals surface area contributed by atoms with Gasteiger partial charge in [0.2, 0.25) is 6.41 Å². The summed E-state index contributed by atoms with van der Waals surface area (Å²) >= 11 is 0. The van der Waals surface area contributed by atoms with Crippen molar-refractivity contribution in [2.45, 2.75) is 52.1 Å². The average molecular weight is 414 g/mol. The van der Waals surface area contributed by atoms with Gasteiger partial charge in [0.15, 0.2) is 5.82 Å². The van der Waals surface area contributed by atoms with Crippen LogP contribution in [0.3, 0.4) is 0 Å². The Hall–Kier alpha value is -3.16. The molecule has 0 atom stereocenters. The van der Waals surface area contributed by atoms with E-state index in [1.807, 2.05) is 40.7 Å². The molecule has 1 aromatic heterocycles. The van der Waals surface area contributed by atoms with Gasteiger partial charge in [-0.15, -0.1) is 0 Å². The van der Waals surface area contributed by atoms with Crippen molar-refractivity contribution < 1.29 is 18.7 Å². The van der Waals surface area contributed by atoms with Gasteiger partial charge >= 0.3 is 6.09 Å². The first kappa shape index (κ1) is 21.5. The van der Waals surface area contributed by atoms with E-state index in [0.717, 1.165) is 11.1 Å². The minimum atomic E-state index is -0.631. The Morgan fingerprint density at radius 2 is 1.97 bits per heavy atom. The zero-order valence-electron chi connectivity index (χ0n) is 17.9. The highest BCUT2D eigenvalue weighted by molar-refractivity contribution is 5.93.